The molecule has 0 aliphatic carbocycles. The first-order valence-electron chi connectivity index (χ1n) is 7.65. The van der Waals surface area contributed by atoms with E-state index in [0.717, 1.165) is 31.7 Å². The van der Waals surface area contributed by atoms with Crippen molar-refractivity contribution in [2.45, 2.75) is 19.3 Å². The molecule has 1 saturated heterocycles. The van der Waals surface area contributed by atoms with E-state index >= 15 is 0 Å². The van der Waals surface area contributed by atoms with E-state index in [-0.39, 0.29) is 5.91 Å². The minimum absolute atomic E-state index is 0.305. The highest BCUT2D eigenvalue weighted by Gasteiger charge is 2.15. The van der Waals surface area contributed by atoms with Crippen molar-refractivity contribution in [2.24, 2.45) is 0 Å². The summed E-state index contributed by atoms with van der Waals surface area (Å²) in [6.45, 7) is 1.92. The van der Waals surface area contributed by atoms with Crippen LogP contribution >= 0.6 is 0 Å². The maximum Gasteiger partial charge on any atom is 0.274 e. The minimum Gasteiger partial charge on any atom is -0.357 e. The lowest BCUT2D eigenvalue weighted by Crippen LogP contribution is -2.30. The Kier molecular flexibility index (Phi) is 4.48. The number of piperidine rings is 1. The Hall–Kier alpha value is -2.94. The Labute approximate surface area is 134 Å². The zero-order valence-corrected chi connectivity index (χ0v) is 12.7. The number of aromatic nitrogens is 2. The first-order valence-corrected chi connectivity index (χ1v) is 7.65. The highest BCUT2D eigenvalue weighted by atomic mass is 16.1. The molecule has 2 aromatic rings. The molecule has 23 heavy (non-hydrogen) atoms. The quantitative estimate of drug-likeness (QED) is 0.942. The summed E-state index contributed by atoms with van der Waals surface area (Å²) < 4.78 is 0. The molecule has 1 N–H and O–H groups in total. The van der Waals surface area contributed by atoms with E-state index < -0.39 is 0 Å². The maximum atomic E-state index is 12.3. The van der Waals surface area contributed by atoms with Crippen molar-refractivity contribution in [3.05, 3.63) is 47.9 Å². The number of nitrogens with zero attached hydrogens (tertiary/aromatic N) is 4. The lowest BCUT2D eigenvalue weighted by Gasteiger charge is -2.27. The Morgan fingerprint density at radius 3 is 2.78 bits per heavy atom. The summed E-state index contributed by atoms with van der Waals surface area (Å²) >= 11 is 0. The fraction of sp³-hybridized carbons (Fsp3) is 0.294. The average molecular weight is 307 g/mol. The summed E-state index contributed by atoms with van der Waals surface area (Å²) in [4.78, 5) is 22.9. The molecule has 1 aromatic heterocycles. The van der Waals surface area contributed by atoms with Crippen LogP contribution in [-0.4, -0.2) is 29.0 Å². The monoisotopic (exact) mass is 307 g/mol. The van der Waals surface area contributed by atoms with Crippen LogP contribution in [0.5, 0.6) is 0 Å². The molecule has 3 rings (SSSR count). The molecule has 0 radical (unpaired) electrons. The Morgan fingerprint density at radius 1 is 1.17 bits per heavy atom. The molecule has 2 heterocycles. The van der Waals surface area contributed by atoms with E-state index in [1.807, 2.05) is 6.07 Å². The molecular formula is C17H17N5O. The van der Waals surface area contributed by atoms with Crippen LogP contribution < -0.4 is 10.2 Å². The third-order valence-corrected chi connectivity index (χ3v) is 3.81. The number of anilines is 2. The molecule has 6 nitrogen and oxygen atoms in total. The number of nitrogens with one attached hydrogen (secondary N) is 1. The number of benzene rings is 1. The van der Waals surface area contributed by atoms with Crippen molar-refractivity contribution in [3.63, 3.8) is 0 Å². The van der Waals surface area contributed by atoms with E-state index in [4.69, 9.17) is 5.26 Å². The summed E-state index contributed by atoms with van der Waals surface area (Å²) in [6.07, 6.45) is 4.95. The predicted molar refractivity (Wildman–Crippen MR) is 87.2 cm³/mol. The Balaban J connectivity index is 1.75. The molecule has 1 amide bonds. The molecule has 1 aliphatic heterocycles. The molecular weight excluding hydrogens is 290 g/mol. The van der Waals surface area contributed by atoms with Crippen molar-refractivity contribution in [1.82, 2.24) is 9.97 Å². The first-order chi connectivity index (χ1) is 11.3. The van der Waals surface area contributed by atoms with Crippen LogP contribution in [0.1, 0.15) is 35.3 Å². The van der Waals surface area contributed by atoms with Gasteiger partial charge in [-0.25, -0.2) is 9.97 Å². The predicted octanol–water partition coefficient (Wildman–Crippen LogP) is 2.59. The fourth-order valence-electron chi connectivity index (χ4n) is 2.63. The van der Waals surface area contributed by atoms with Crippen molar-refractivity contribution < 1.29 is 4.79 Å². The van der Waals surface area contributed by atoms with Crippen LogP contribution in [0.25, 0.3) is 0 Å². The van der Waals surface area contributed by atoms with Crippen LogP contribution in [0.2, 0.25) is 0 Å². The van der Waals surface area contributed by atoms with Gasteiger partial charge in [0.2, 0.25) is 0 Å². The zero-order chi connectivity index (χ0) is 16.1. The van der Waals surface area contributed by atoms with E-state index in [2.05, 4.69) is 20.2 Å². The molecule has 0 bridgehead atoms. The van der Waals surface area contributed by atoms with E-state index in [1.165, 1.54) is 12.7 Å². The molecule has 116 valence electrons. The highest BCUT2D eigenvalue weighted by Crippen LogP contribution is 2.18. The number of rotatable bonds is 3. The lowest BCUT2D eigenvalue weighted by molar-refractivity contribution is 0.102. The molecule has 1 fully saturated rings. The van der Waals surface area contributed by atoms with Crippen molar-refractivity contribution in [3.8, 4) is 6.07 Å². The molecule has 0 saturated carbocycles. The maximum absolute atomic E-state index is 12.3. The summed E-state index contributed by atoms with van der Waals surface area (Å²) in [6, 6.07) is 10.6. The molecule has 6 heteroatoms. The zero-order valence-electron chi connectivity index (χ0n) is 12.7. The van der Waals surface area contributed by atoms with E-state index in [9.17, 15) is 4.79 Å². The van der Waals surface area contributed by atoms with Crippen LogP contribution in [-0.2, 0) is 0 Å². The third kappa shape index (κ3) is 3.64. The SMILES string of the molecule is N#Cc1cccc(NC(=O)c2cc(N3CCCCC3)ncn2)c1. The van der Waals surface area contributed by atoms with Gasteiger partial charge in [-0.1, -0.05) is 6.07 Å². The summed E-state index contributed by atoms with van der Waals surface area (Å²) in [7, 11) is 0. The van der Waals surface area contributed by atoms with Crippen molar-refractivity contribution in [1.29, 1.82) is 5.26 Å². The summed E-state index contributed by atoms with van der Waals surface area (Å²) in [5, 5.41) is 11.7. The van der Waals surface area contributed by atoms with Gasteiger partial charge < -0.3 is 10.2 Å². The van der Waals surface area contributed by atoms with Gasteiger partial charge in [0.1, 0.15) is 17.8 Å². The second-order valence-corrected chi connectivity index (χ2v) is 5.46. The van der Waals surface area contributed by atoms with Crippen LogP contribution in [0, 0.1) is 11.3 Å². The topological polar surface area (TPSA) is 81.9 Å². The van der Waals surface area contributed by atoms with Gasteiger partial charge in [-0.15, -0.1) is 0 Å². The number of amides is 1. The van der Waals surface area contributed by atoms with Gasteiger partial charge in [-0.2, -0.15) is 5.26 Å². The molecule has 0 unspecified atom stereocenters. The van der Waals surface area contributed by atoms with Crippen LogP contribution in [0.15, 0.2) is 36.7 Å². The number of carbonyl (C=O) groups excluding carboxylic acids is 1. The molecule has 1 aromatic carbocycles. The third-order valence-electron chi connectivity index (χ3n) is 3.81. The number of hydrogen-bond acceptors (Lipinski definition) is 5. The second kappa shape index (κ2) is 6.88. The normalized spacial score (nSPS) is 14.1. The van der Waals surface area contributed by atoms with E-state index in [0.29, 0.717) is 16.9 Å². The Morgan fingerprint density at radius 2 is 2.00 bits per heavy atom. The summed E-state index contributed by atoms with van der Waals surface area (Å²) in [5.41, 5.74) is 1.40. The van der Waals surface area contributed by atoms with Gasteiger partial charge >= 0.3 is 0 Å². The van der Waals surface area contributed by atoms with Crippen LogP contribution in [0.4, 0.5) is 11.5 Å². The standard InChI is InChI=1S/C17H17N5O/c18-11-13-5-4-6-14(9-13)21-17(23)15-10-16(20-12-19-15)22-7-2-1-3-8-22/h4-6,9-10,12H,1-3,7-8H2,(H,21,23). The number of nitriles is 1. The van der Waals surface area contributed by atoms with Gasteiger partial charge in [-0.05, 0) is 37.5 Å². The first kappa shape index (κ1) is 15.0. The smallest absolute Gasteiger partial charge is 0.274 e. The molecule has 0 spiro atoms. The van der Waals surface area contributed by atoms with Crippen molar-refractivity contribution >= 4 is 17.4 Å². The molecule has 1 aliphatic rings. The summed E-state index contributed by atoms with van der Waals surface area (Å²) in [5.74, 6) is 0.483. The lowest BCUT2D eigenvalue weighted by atomic mass is 10.1. The number of carbonyl (C=O) groups is 1. The van der Waals surface area contributed by atoms with Gasteiger partial charge in [-0.3, -0.25) is 4.79 Å². The van der Waals surface area contributed by atoms with E-state index in [1.54, 1.807) is 30.3 Å². The average Bonchev–Trinajstić information content (AvgIpc) is 2.63. The fourth-order valence-corrected chi connectivity index (χ4v) is 2.63. The molecule has 0 atom stereocenters. The number of hydrogen-bond donors (Lipinski definition) is 1. The highest BCUT2D eigenvalue weighted by molar-refractivity contribution is 6.03. The van der Waals surface area contributed by atoms with Gasteiger partial charge in [0.05, 0.1) is 11.6 Å². The van der Waals surface area contributed by atoms with Gasteiger partial charge in [0.25, 0.3) is 5.91 Å². The Bertz CT molecular complexity index is 747. The largest absolute Gasteiger partial charge is 0.357 e. The minimum atomic E-state index is -0.305. The van der Waals surface area contributed by atoms with Crippen LogP contribution in [0.3, 0.4) is 0 Å². The van der Waals surface area contributed by atoms with Gasteiger partial charge in [0, 0.05) is 24.8 Å². The van der Waals surface area contributed by atoms with Gasteiger partial charge in [0.15, 0.2) is 0 Å². The second-order valence-electron chi connectivity index (χ2n) is 5.46. The van der Waals surface area contributed by atoms with Crippen molar-refractivity contribution in [2.75, 3.05) is 23.3 Å².